The number of amides is 2. The van der Waals surface area contributed by atoms with Crippen LogP contribution in [0.2, 0.25) is 0 Å². The molecule has 0 aliphatic rings. The number of likely N-dealkylation sites (N-methyl/N-ethyl adjacent to an activating group) is 1. The third-order valence-corrected chi connectivity index (χ3v) is 5.87. The number of rotatable bonds is 7. The lowest BCUT2D eigenvalue weighted by molar-refractivity contribution is -0.128. The van der Waals surface area contributed by atoms with Crippen molar-refractivity contribution in [1.29, 1.82) is 0 Å². The first-order chi connectivity index (χ1) is 12.7. The van der Waals surface area contributed by atoms with Crippen molar-refractivity contribution in [3.8, 4) is 0 Å². The molecule has 2 aromatic carbocycles. The maximum atomic E-state index is 12.5. The molecule has 0 heterocycles. The van der Waals surface area contributed by atoms with Gasteiger partial charge in [0.15, 0.2) is 0 Å². The van der Waals surface area contributed by atoms with E-state index in [0.29, 0.717) is 12.2 Å². The Balaban J connectivity index is 2.09. The fraction of sp³-hybridized carbons (Fsp3) is 0.263. The highest BCUT2D eigenvalue weighted by Crippen LogP contribution is 2.18. The molecule has 0 aliphatic carbocycles. The summed E-state index contributed by atoms with van der Waals surface area (Å²) in [5, 5.41) is 2.73. The van der Waals surface area contributed by atoms with Crippen LogP contribution in [-0.2, 0) is 26.2 Å². The van der Waals surface area contributed by atoms with Crippen LogP contribution < -0.4 is 5.32 Å². The second kappa shape index (κ2) is 8.79. The zero-order valence-corrected chi connectivity index (χ0v) is 16.4. The van der Waals surface area contributed by atoms with Gasteiger partial charge in [0.2, 0.25) is 21.8 Å². The van der Waals surface area contributed by atoms with E-state index in [2.05, 4.69) is 5.32 Å². The van der Waals surface area contributed by atoms with Crippen molar-refractivity contribution in [3.05, 3.63) is 60.2 Å². The minimum atomic E-state index is -3.75. The smallest absolute Gasteiger partial charge is 0.243 e. The largest absolute Gasteiger partial charge is 0.342 e. The van der Waals surface area contributed by atoms with Gasteiger partial charge in [-0.25, -0.2) is 8.42 Å². The molecule has 1 N–H and O–H groups in total. The van der Waals surface area contributed by atoms with Crippen LogP contribution in [0.25, 0.3) is 0 Å². The lowest BCUT2D eigenvalue weighted by Gasteiger charge is -2.19. The van der Waals surface area contributed by atoms with Crippen molar-refractivity contribution in [2.75, 3.05) is 26.0 Å². The van der Waals surface area contributed by atoms with E-state index < -0.39 is 15.9 Å². The molecule has 2 amide bonds. The van der Waals surface area contributed by atoms with Gasteiger partial charge in [0.25, 0.3) is 0 Å². The first kappa shape index (κ1) is 20.6. The zero-order valence-electron chi connectivity index (χ0n) is 15.5. The first-order valence-electron chi connectivity index (χ1n) is 8.32. The van der Waals surface area contributed by atoms with Gasteiger partial charge in [0, 0.05) is 33.3 Å². The van der Waals surface area contributed by atoms with E-state index in [0.717, 1.165) is 9.87 Å². The summed E-state index contributed by atoms with van der Waals surface area (Å²) >= 11 is 0. The number of carbonyl (C=O) groups is 2. The summed E-state index contributed by atoms with van der Waals surface area (Å²) < 4.78 is 26.0. The molecule has 0 spiro atoms. The van der Waals surface area contributed by atoms with Crippen LogP contribution >= 0.6 is 0 Å². The minimum Gasteiger partial charge on any atom is -0.342 e. The average Bonchev–Trinajstić information content (AvgIpc) is 2.63. The Labute approximate surface area is 159 Å². The molecule has 0 bridgehead atoms. The molecular weight excluding hydrogens is 366 g/mol. The van der Waals surface area contributed by atoms with Crippen LogP contribution in [0.15, 0.2) is 59.5 Å². The number of sulfonamides is 1. The fourth-order valence-corrected chi connectivity index (χ4v) is 3.54. The van der Waals surface area contributed by atoms with Crippen LogP contribution in [0.1, 0.15) is 12.5 Å². The maximum absolute atomic E-state index is 12.5. The van der Waals surface area contributed by atoms with E-state index in [1.807, 2.05) is 6.07 Å². The summed E-state index contributed by atoms with van der Waals surface area (Å²) in [5.74, 6) is -0.556. The van der Waals surface area contributed by atoms with Gasteiger partial charge in [-0.3, -0.25) is 9.59 Å². The van der Waals surface area contributed by atoms with E-state index in [1.165, 1.54) is 31.0 Å². The SMILES string of the molecule is CC(=O)N(C)Cc1ccccc1NC(=O)CN(C)S(=O)(=O)c1ccccc1. The molecular formula is C19H23N3O4S. The molecule has 2 aromatic rings. The molecule has 0 radical (unpaired) electrons. The van der Waals surface area contributed by atoms with Crippen LogP contribution in [0.5, 0.6) is 0 Å². The van der Waals surface area contributed by atoms with Crippen LogP contribution in [0.3, 0.4) is 0 Å². The molecule has 0 aromatic heterocycles. The van der Waals surface area contributed by atoms with Crippen molar-refractivity contribution in [1.82, 2.24) is 9.21 Å². The van der Waals surface area contributed by atoms with Gasteiger partial charge in [0.1, 0.15) is 0 Å². The number of hydrogen-bond donors (Lipinski definition) is 1. The third-order valence-electron chi connectivity index (χ3n) is 4.05. The monoisotopic (exact) mass is 389 g/mol. The first-order valence-corrected chi connectivity index (χ1v) is 9.76. The molecule has 0 saturated heterocycles. The Hall–Kier alpha value is -2.71. The second-order valence-electron chi connectivity index (χ2n) is 6.15. The summed E-state index contributed by atoms with van der Waals surface area (Å²) in [7, 11) is -0.721. The Bertz CT molecular complexity index is 914. The molecule has 144 valence electrons. The van der Waals surface area contributed by atoms with Crippen molar-refractivity contribution in [3.63, 3.8) is 0 Å². The van der Waals surface area contributed by atoms with Gasteiger partial charge in [-0.2, -0.15) is 4.31 Å². The van der Waals surface area contributed by atoms with E-state index >= 15 is 0 Å². The van der Waals surface area contributed by atoms with Crippen molar-refractivity contribution in [2.45, 2.75) is 18.4 Å². The van der Waals surface area contributed by atoms with Crippen molar-refractivity contribution < 1.29 is 18.0 Å². The van der Waals surface area contributed by atoms with E-state index in [1.54, 1.807) is 43.4 Å². The number of anilines is 1. The topological polar surface area (TPSA) is 86.8 Å². The summed E-state index contributed by atoms with van der Waals surface area (Å²) in [6, 6.07) is 15.0. The number of benzene rings is 2. The predicted octanol–water partition coefficient (Wildman–Crippen LogP) is 1.92. The lowest BCUT2D eigenvalue weighted by Crippen LogP contribution is -2.35. The average molecular weight is 389 g/mol. The number of hydrogen-bond acceptors (Lipinski definition) is 4. The Morgan fingerprint density at radius 3 is 2.19 bits per heavy atom. The molecule has 0 unspecified atom stereocenters. The predicted molar refractivity (Wildman–Crippen MR) is 103 cm³/mol. The number of para-hydroxylation sites is 1. The highest BCUT2D eigenvalue weighted by molar-refractivity contribution is 7.89. The Morgan fingerprint density at radius 2 is 1.56 bits per heavy atom. The molecule has 0 saturated carbocycles. The van der Waals surface area contributed by atoms with Crippen LogP contribution in [0, 0.1) is 0 Å². The standard InChI is InChI=1S/C19H23N3O4S/c1-15(23)21(2)13-16-9-7-8-12-18(16)20-19(24)14-22(3)27(25,26)17-10-5-4-6-11-17/h4-12H,13-14H2,1-3H3,(H,20,24). The van der Waals surface area contributed by atoms with E-state index in [4.69, 9.17) is 0 Å². The number of carbonyl (C=O) groups excluding carboxylic acids is 2. The van der Waals surface area contributed by atoms with Gasteiger partial charge < -0.3 is 10.2 Å². The van der Waals surface area contributed by atoms with Gasteiger partial charge in [-0.05, 0) is 23.8 Å². The highest BCUT2D eigenvalue weighted by Gasteiger charge is 2.23. The number of nitrogens with one attached hydrogen (secondary N) is 1. The fourth-order valence-electron chi connectivity index (χ4n) is 2.40. The molecule has 0 aliphatic heterocycles. The zero-order chi connectivity index (χ0) is 20.0. The molecule has 27 heavy (non-hydrogen) atoms. The summed E-state index contributed by atoms with van der Waals surface area (Å²) in [5.41, 5.74) is 1.30. The quantitative estimate of drug-likeness (QED) is 0.784. The molecule has 2 rings (SSSR count). The summed E-state index contributed by atoms with van der Waals surface area (Å²) in [6.07, 6.45) is 0. The van der Waals surface area contributed by atoms with Crippen LogP contribution in [0.4, 0.5) is 5.69 Å². The van der Waals surface area contributed by atoms with Crippen molar-refractivity contribution >= 4 is 27.5 Å². The molecule has 0 fully saturated rings. The van der Waals surface area contributed by atoms with Crippen molar-refractivity contribution in [2.24, 2.45) is 0 Å². The summed E-state index contributed by atoms with van der Waals surface area (Å²) in [4.78, 5) is 25.5. The van der Waals surface area contributed by atoms with Crippen LogP contribution in [-0.4, -0.2) is 50.1 Å². The Morgan fingerprint density at radius 1 is 0.963 bits per heavy atom. The third kappa shape index (κ3) is 5.38. The molecule has 8 heteroatoms. The minimum absolute atomic E-state index is 0.0928. The molecule has 7 nitrogen and oxygen atoms in total. The van der Waals surface area contributed by atoms with Gasteiger partial charge >= 0.3 is 0 Å². The Kier molecular flexibility index (Phi) is 6.70. The van der Waals surface area contributed by atoms with E-state index in [-0.39, 0.29) is 17.3 Å². The summed E-state index contributed by atoms with van der Waals surface area (Å²) in [6.45, 7) is 1.47. The van der Waals surface area contributed by atoms with E-state index in [9.17, 15) is 18.0 Å². The second-order valence-corrected chi connectivity index (χ2v) is 8.20. The highest BCUT2D eigenvalue weighted by atomic mass is 32.2. The van der Waals surface area contributed by atoms with Gasteiger partial charge in [0.05, 0.1) is 11.4 Å². The van der Waals surface area contributed by atoms with Gasteiger partial charge in [-0.1, -0.05) is 36.4 Å². The van der Waals surface area contributed by atoms with Gasteiger partial charge in [-0.15, -0.1) is 0 Å². The lowest BCUT2D eigenvalue weighted by atomic mass is 10.1. The number of nitrogens with zero attached hydrogens (tertiary/aromatic N) is 2. The normalized spacial score (nSPS) is 11.3. The molecule has 0 atom stereocenters. The maximum Gasteiger partial charge on any atom is 0.243 e.